The van der Waals surface area contributed by atoms with Crippen molar-refractivity contribution in [2.75, 3.05) is 0 Å². The summed E-state index contributed by atoms with van der Waals surface area (Å²) in [5, 5.41) is 0. The number of carbonyl (C=O) groups is 1. The van der Waals surface area contributed by atoms with Crippen LogP contribution in [0.4, 0.5) is 0 Å². The van der Waals surface area contributed by atoms with Crippen molar-refractivity contribution in [2.45, 2.75) is 43.6 Å². The van der Waals surface area contributed by atoms with E-state index in [1.54, 1.807) is 0 Å². The zero-order valence-corrected chi connectivity index (χ0v) is 12.1. The van der Waals surface area contributed by atoms with Gasteiger partial charge in [0.1, 0.15) is 16.7 Å². The second-order valence-electron chi connectivity index (χ2n) is 4.97. The van der Waals surface area contributed by atoms with Crippen molar-refractivity contribution in [1.29, 1.82) is 0 Å². The molecule has 1 N–H and O–H groups in total. The topological polar surface area (TPSA) is 76.2 Å². The molecule has 1 fully saturated rings. The minimum Gasteiger partial charge on any atom is -0.458 e. The summed E-state index contributed by atoms with van der Waals surface area (Å²) >= 11 is 0. The van der Waals surface area contributed by atoms with E-state index in [1.165, 1.54) is 12.3 Å². The second-order valence-corrected chi connectivity index (χ2v) is 7.54. The number of nitrogens with one attached hydrogen (secondary N) is 1. The molecule has 1 saturated carbocycles. The SMILES string of the molecule is CC1CCC(OC(=O)c2cc(S(=O)(=O)Cl)c[nH]2)CC1. The number of carbonyl (C=O) groups excluding carboxylic acids is 1. The van der Waals surface area contributed by atoms with E-state index in [-0.39, 0.29) is 16.7 Å². The molecule has 1 aromatic rings. The first kappa shape index (κ1) is 14.4. The van der Waals surface area contributed by atoms with E-state index in [0.717, 1.165) is 25.7 Å². The maximum atomic E-state index is 11.8. The molecular weight excluding hydrogens is 290 g/mol. The predicted molar refractivity (Wildman–Crippen MR) is 70.7 cm³/mol. The van der Waals surface area contributed by atoms with Crippen LogP contribution >= 0.6 is 10.7 Å². The van der Waals surface area contributed by atoms with Gasteiger partial charge in [0.2, 0.25) is 0 Å². The maximum Gasteiger partial charge on any atom is 0.355 e. The Balaban J connectivity index is 1.99. The van der Waals surface area contributed by atoms with E-state index in [1.807, 2.05) is 0 Å². The number of rotatable bonds is 3. The molecule has 0 spiro atoms. The lowest BCUT2D eigenvalue weighted by Gasteiger charge is -2.25. The number of H-pyrrole nitrogens is 1. The van der Waals surface area contributed by atoms with Crippen LogP contribution in [0.15, 0.2) is 17.2 Å². The molecule has 1 aliphatic rings. The van der Waals surface area contributed by atoms with Crippen LogP contribution in [0.1, 0.15) is 43.1 Å². The molecule has 0 amide bonds. The van der Waals surface area contributed by atoms with Crippen molar-refractivity contribution in [3.05, 3.63) is 18.0 Å². The Labute approximate surface area is 116 Å². The van der Waals surface area contributed by atoms with Crippen LogP contribution in [0.5, 0.6) is 0 Å². The molecule has 5 nitrogen and oxygen atoms in total. The number of hydrogen-bond donors (Lipinski definition) is 1. The molecule has 1 aliphatic carbocycles. The van der Waals surface area contributed by atoms with Crippen LogP contribution in [-0.2, 0) is 13.8 Å². The molecule has 2 rings (SSSR count). The molecule has 106 valence electrons. The minimum absolute atomic E-state index is 0.0805. The van der Waals surface area contributed by atoms with Gasteiger partial charge in [0.05, 0.1) is 0 Å². The van der Waals surface area contributed by atoms with Gasteiger partial charge in [-0.1, -0.05) is 6.92 Å². The van der Waals surface area contributed by atoms with E-state index in [4.69, 9.17) is 15.4 Å². The first-order valence-electron chi connectivity index (χ1n) is 6.20. The van der Waals surface area contributed by atoms with Gasteiger partial charge in [0.25, 0.3) is 9.05 Å². The van der Waals surface area contributed by atoms with Crippen LogP contribution in [0.25, 0.3) is 0 Å². The summed E-state index contributed by atoms with van der Waals surface area (Å²) < 4.78 is 27.5. The van der Waals surface area contributed by atoms with Crippen molar-refractivity contribution in [1.82, 2.24) is 4.98 Å². The van der Waals surface area contributed by atoms with E-state index >= 15 is 0 Å². The summed E-state index contributed by atoms with van der Waals surface area (Å²) in [5.74, 6) is 0.138. The van der Waals surface area contributed by atoms with Gasteiger partial charge < -0.3 is 9.72 Å². The molecule has 0 saturated heterocycles. The second kappa shape index (κ2) is 5.54. The molecule has 0 aliphatic heterocycles. The normalized spacial score (nSPS) is 24.1. The quantitative estimate of drug-likeness (QED) is 0.688. The zero-order valence-electron chi connectivity index (χ0n) is 10.6. The predicted octanol–water partition coefficient (Wildman–Crippen LogP) is 2.68. The number of hydrogen-bond acceptors (Lipinski definition) is 4. The first-order chi connectivity index (χ1) is 8.86. The van der Waals surface area contributed by atoms with Crippen LogP contribution in [0, 0.1) is 5.92 Å². The van der Waals surface area contributed by atoms with Crippen molar-refractivity contribution in [2.24, 2.45) is 5.92 Å². The average Bonchev–Trinajstić information content (AvgIpc) is 2.81. The smallest absolute Gasteiger partial charge is 0.355 e. The van der Waals surface area contributed by atoms with E-state index in [9.17, 15) is 13.2 Å². The molecule has 7 heteroatoms. The molecule has 0 atom stereocenters. The zero-order chi connectivity index (χ0) is 14.0. The highest BCUT2D eigenvalue weighted by atomic mass is 35.7. The Kier molecular flexibility index (Phi) is 4.20. The highest BCUT2D eigenvalue weighted by Crippen LogP contribution is 2.26. The summed E-state index contributed by atoms with van der Waals surface area (Å²) in [6.07, 6.45) is 4.90. The molecule has 1 heterocycles. The monoisotopic (exact) mass is 305 g/mol. The lowest BCUT2D eigenvalue weighted by molar-refractivity contribution is 0.0168. The number of ether oxygens (including phenoxy) is 1. The third-order valence-corrected chi connectivity index (χ3v) is 4.73. The average molecular weight is 306 g/mol. The molecule has 0 radical (unpaired) electrons. The van der Waals surface area contributed by atoms with Gasteiger partial charge in [-0.25, -0.2) is 13.2 Å². The molecule has 1 aromatic heterocycles. The Hall–Kier alpha value is -1.01. The van der Waals surface area contributed by atoms with Crippen LogP contribution in [-0.4, -0.2) is 25.5 Å². The van der Waals surface area contributed by atoms with Crippen LogP contribution < -0.4 is 0 Å². The van der Waals surface area contributed by atoms with Crippen molar-refractivity contribution in [3.8, 4) is 0 Å². The largest absolute Gasteiger partial charge is 0.458 e. The van der Waals surface area contributed by atoms with Crippen LogP contribution in [0.3, 0.4) is 0 Å². The standard InChI is InChI=1S/C12H16ClNO4S/c1-8-2-4-9(5-3-8)18-12(15)11-6-10(7-14-11)19(13,16)17/h6-9,14H,2-5H2,1H3. The summed E-state index contributed by atoms with van der Waals surface area (Å²) in [7, 11) is 1.36. The molecule has 0 bridgehead atoms. The summed E-state index contributed by atoms with van der Waals surface area (Å²) in [6, 6.07) is 1.19. The fourth-order valence-electron chi connectivity index (χ4n) is 2.20. The lowest BCUT2D eigenvalue weighted by Crippen LogP contribution is -2.23. The fraction of sp³-hybridized carbons (Fsp3) is 0.583. The Morgan fingerprint density at radius 2 is 2.00 bits per heavy atom. The highest BCUT2D eigenvalue weighted by Gasteiger charge is 2.23. The van der Waals surface area contributed by atoms with Crippen molar-refractivity contribution < 1.29 is 17.9 Å². The Morgan fingerprint density at radius 3 is 2.53 bits per heavy atom. The van der Waals surface area contributed by atoms with Gasteiger partial charge in [-0.3, -0.25) is 0 Å². The number of aromatic nitrogens is 1. The molecular formula is C12H16ClNO4S. The molecule has 0 aromatic carbocycles. The Morgan fingerprint density at radius 1 is 1.37 bits per heavy atom. The Bertz CT molecular complexity index is 558. The minimum atomic E-state index is -3.82. The lowest BCUT2D eigenvalue weighted by atomic mass is 9.89. The summed E-state index contributed by atoms with van der Waals surface area (Å²) in [6.45, 7) is 2.18. The highest BCUT2D eigenvalue weighted by molar-refractivity contribution is 8.13. The third kappa shape index (κ3) is 3.73. The van der Waals surface area contributed by atoms with E-state index in [0.29, 0.717) is 5.92 Å². The van der Waals surface area contributed by atoms with Crippen molar-refractivity contribution in [3.63, 3.8) is 0 Å². The maximum absolute atomic E-state index is 11.8. The van der Waals surface area contributed by atoms with Gasteiger partial charge >= 0.3 is 5.97 Å². The first-order valence-corrected chi connectivity index (χ1v) is 8.51. The fourth-order valence-corrected chi connectivity index (χ4v) is 2.92. The number of esters is 1. The van der Waals surface area contributed by atoms with Gasteiger partial charge in [-0.05, 0) is 37.7 Å². The number of halogens is 1. The van der Waals surface area contributed by atoms with Crippen LogP contribution in [0.2, 0.25) is 0 Å². The van der Waals surface area contributed by atoms with Crippen molar-refractivity contribution >= 4 is 25.7 Å². The molecule has 0 unspecified atom stereocenters. The van der Waals surface area contributed by atoms with Gasteiger partial charge in [0, 0.05) is 16.9 Å². The number of aromatic amines is 1. The van der Waals surface area contributed by atoms with Gasteiger partial charge in [0.15, 0.2) is 0 Å². The van der Waals surface area contributed by atoms with E-state index in [2.05, 4.69) is 11.9 Å². The van der Waals surface area contributed by atoms with Gasteiger partial charge in [-0.15, -0.1) is 0 Å². The summed E-state index contributed by atoms with van der Waals surface area (Å²) in [4.78, 5) is 14.3. The van der Waals surface area contributed by atoms with Gasteiger partial charge in [-0.2, -0.15) is 0 Å². The summed E-state index contributed by atoms with van der Waals surface area (Å²) in [5.41, 5.74) is 0.109. The van der Waals surface area contributed by atoms with E-state index < -0.39 is 15.0 Å². The molecule has 19 heavy (non-hydrogen) atoms. The third-order valence-electron chi connectivity index (χ3n) is 3.39.